The summed E-state index contributed by atoms with van der Waals surface area (Å²) in [6, 6.07) is 7.50. The van der Waals surface area contributed by atoms with Crippen LogP contribution in [0.2, 0.25) is 0 Å². The molecule has 1 rings (SSSR count). The van der Waals surface area contributed by atoms with Crippen molar-refractivity contribution in [3.8, 4) is 11.8 Å². The number of rotatable bonds is 4. The molecule has 0 bridgehead atoms. The van der Waals surface area contributed by atoms with Gasteiger partial charge in [-0.25, -0.2) is 4.79 Å². The van der Waals surface area contributed by atoms with E-state index < -0.39 is 6.09 Å². The molecule has 1 aromatic carbocycles. The molecule has 0 saturated carbocycles. The average molecular weight is 275 g/mol. The Balaban J connectivity index is 2.60. The number of aliphatic hydroxyl groups excluding tert-OH is 1. The van der Waals surface area contributed by atoms with Crippen LogP contribution in [-0.2, 0) is 4.74 Å². The number of aliphatic hydroxyl groups is 1. The minimum Gasteiger partial charge on any atom is -0.447 e. The second kappa shape index (κ2) is 8.23. The maximum absolute atomic E-state index is 11.5. The van der Waals surface area contributed by atoms with Gasteiger partial charge in [-0.3, -0.25) is 0 Å². The largest absolute Gasteiger partial charge is 0.447 e. The third-order valence-electron chi connectivity index (χ3n) is 2.56. The number of hydrogen-bond donors (Lipinski definition) is 2. The van der Waals surface area contributed by atoms with Crippen LogP contribution in [0.4, 0.5) is 4.79 Å². The first-order chi connectivity index (χ1) is 9.52. The second-order valence-corrected chi connectivity index (χ2v) is 4.72. The highest BCUT2D eigenvalue weighted by Crippen LogP contribution is 2.13. The van der Waals surface area contributed by atoms with Crippen molar-refractivity contribution in [2.75, 3.05) is 6.61 Å². The van der Waals surface area contributed by atoms with E-state index in [1.807, 2.05) is 45.0 Å². The Hall–Kier alpha value is -1.99. The maximum Gasteiger partial charge on any atom is 0.407 e. The Morgan fingerprint density at radius 2 is 1.95 bits per heavy atom. The van der Waals surface area contributed by atoms with Gasteiger partial charge >= 0.3 is 6.09 Å². The zero-order valence-corrected chi connectivity index (χ0v) is 12.1. The van der Waals surface area contributed by atoms with Crippen molar-refractivity contribution in [3.63, 3.8) is 0 Å². The molecule has 1 atom stereocenters. The maximum atomic E-state index is 11.5. The van der Waals surface area contributed by atoms with E-state index in [4.69, 9.17) is 9.84 Å². The fourth-order valence-corrected chi connectivity index (χ4v) is 1.58. The Morgan fingerprint density at radius 1 is 1.30 bits per heavy atom. The molecule has 0 aliphatic heterocycles. The van der Waals surface area contributed by atoms with E-state index in [1.54, 1.807) is 0 Å². The number of benzene rings is 1. The first-order valence-electron chi connectivity index (χ1n) is 6.69. The Labute approximate surface area is 120 Å². The molecule has 4 heteroatoms. The SMILES string of the molecule is CC(C)OC(=O)NC(C)c1ccc(C#CCCO)cc1. The lowest BCUT2D eigenvalue weighted by atomic mass is 10.1. The van der Waals surface area contributed by atoms with Gasteiger partial charge in [-0.2, -0.15) is 0 Å². The van der Waals surface area contributed by atoms with Crippen molar-refractivity contribution in [1.82, 2.24) is 5.32 Å². The van der Waals surface area contributed by atoms with Crippen LogP contribution in [0.3, 0.4) is 0 Å². The zero-order chi connectivity index (χ0) is 15.0. The molecule has 0 spiro atoms. The molecule has 1 unspecified atom stereocenters. The van der Waals surface area contributed by atoms with Crippen LogP contribution in [0, 0.1) is 11.8 Å². The van der Waals surface area contributed by atoms with Gasteiger partial charge in [0.2, 0.25) is 0 Å². The normalized spacial score (nSPS) is 11.4. The predicted molar refractivity (Wildman–Crippen MR) is 78.2 cm³/mol. The van der Waals surface area contributed by atoms with Crippen molar-refractivity contribution in [1.29, 1.82) is 0 Å². The minimum absolute atomic E-state index is 0.0734. The third kappa shape index (κ3) is 5.77. The van der Waals surface area contributed by atoms with Gasteiger partial charge in [-0.1, -0.05) is 24.0 Å². The number of alkyl carbamates (subject to hydrolysis) is 1. The van der Waals surface area contributed by atoms with Gasteiger partial charge in [-0.15, -0.1) is 0 Å². The molecule has 0 aliphatic rings. The van der Waals surface area contributed by atoms with Crippen molar-refractivity contribution >= 4 is 6.09 Å². The lowest BCUT2D eigenvalue weighted by Gasteiger charge is -2.15. The van der Waals surface area contributed by atoms with E-state index in [0.29, 0.717) is 6.42 Å². The second-order valence-electron chi connectivity index (χ2n) is 4.72. The highest BCUT2D eigenvalue weighted by atomic mass is 16.6. The third-order valence-corrected chi connectivity index (χ3v) is 2.56. The monoisotopic (exact) mass is 275 g/mol. The molecule has 0 aliphatic carbocycles. The van der Waals surface area contributed by atoms with Gasteiger partial charge in [0, 0.05) is 12.0 Å². The lowest BCUT2D eigenvalue weighted by molar-refractivity contribution is 0.113. The number of ether oxygens (including phenoxy) is 1. The molecule has 1 amide bonds. The van der Waals surface area contributed by atoms with Crippen LogP contribution >= 0.6 is 0 Å². The molecule has 0 saturated heterocycles. The van der Waals surface area contributed by atoms with Crippen LogP contribution in [-0.4, -0.2) is 23.9 Å². The number of hydrogen-bond acceptors (Lipinski definition) is 3. The van der Waals surface area contributed by atoms with E-state index in [0.717, 1.165) is 11.1 Å². The van der Waals surface area contributed by atoms with Crippen molar-refractivity contribution < 1.29 is 14.6 Å². The number of amides is 1. The Bertz CT molecular complexity index is 483. The fraction of sp³-hybridized carbons (Fsp3) is 0.438. The molecule has 0 fully saturated rings. The quantitative estimate of drug-likeness (QED) is 0.830. The summed E-state index contributed by atoms with van der Waals surface area (Å²) >= 11 is 0. The molecule has 4 nitrogen and oxygen atoms in total. The van der Waals surface area contributed by atoms with Gasteiger partial charge < -0.3 is 15.2 Å². The van der Waals surface area contributed by atoms with Gasteiger partial charge in [0.1, 0.15) is 0 Å². The molecular weight excluding hydrogens is 254 g/mol. The Kier molecular flexibility index (Phi) is 6.61. The molecule has 20 heavy (non-hydrogen) atoms. The van der Waals surface area contributed by atoms with Gasteiger partial charge in [0.25, 0.3) is 0 Å². The highest BCUT2D eigenvalue weighted by Gasteiger charge is 2.11. The number of nitrogens with one attached hydrogen (secondary N) is 1. The molecule has 0 heterocycles. The summed E-state index contributed by atoms with van der Waals surface area (Å²) in [6.07, 6.45) is -0.0773. The van der Waals surface area contributed by atoms with Gasteiger partial charge in [0.05, 0.1) is 18.8 Å². The summed E-state index contributed by atoms with van der Waals surface area (Å²) in [5.41, 5.74) is 1.87. The van der Waals surface area contributed by atoms with Crippen LogP contribution < -0.4 is 5.32 Å². The van der Waals surface area contributed by atoms with E-state index >= 15 is 0 Å². The topological polar surface area (TPSA) is 58.6 Å². The van der Waals surface area contributed by atoms with Crippen molar-refractivity contribution in [2.45, 2.75) is 39.3 Å². The predicted octanol–water partition coefficient (Wildman–Crippen LogP) is 2.62. The zero-order valence-electron chi connectivity index (χ0n) is 12.1. The first-order valence-corrected chi connectivity index (χ1v) is 6.69. The summed E-state index contributed by atoms with van der Waals surface area (Å²) in [6.45, 7) is 5.59. The fourth-order valence-electron chi connectivity index (χ4n) is 1.58. The highest BCUT2D eigenvalue weighted by molar-refractivity contribution is 5.68. The first kappa shape index (κ1) is 16.1. The summed E-state index contributed by atoms with van der Waals surface area (Å²) in [7, 11) is 0. The summed E-state index contributed by atoms with van der Waals surface area (Å²) < 4.78 is 5.04. The molecule has 0 radical (unpaired) electrons. The number of carbonyl (C=O) groups excluding carboxylic acids is 1. The van der Waals surface area contributed by atoms with E-state index in [9.17, 15) is 4.79 Å². The smallest absolute Gasteiger partial charge is 0.407 e. The summed E-state index contributed by atoms with van der Waals surface area (Å²) in [4.78, 5) is 11.5. The van der Waals surface area contributed by atoms with Gasteiger partial charge in [0.15, 0.2) is 0 Å². The van der Waals surface area contributed by atoms with Crippen LogP contribution in [0.5, 0.6) is 0 Å². The van der Waals surface area contributed by atoms with Crippen LogP contribution in [0.15, 0.2) is 24.3 Å². The standard InChI is InChI=1S/C16H21NO3/c1-12(2)20-16(19)17-13(3)15-9-7-14(8-10-15)6-4-5-11-18/h7-10,12-13,18H,5,11H2,1-3H3,(H,17,19). The van der Waals surface area contributed by atoms with Crippen LogP contribution in [0.25, 0.3) is 0 Å². The minimum atomic E-state index is -0.417. The van der Waals surface area contributed by atoms with Gasteiger partial charge in [-0.05, 0) is 38.5 Å². The van der Waals surface area contributed by atoms with Crippen LogP contribution in [0.1, 0.15) is 44.4 Å². The van der Waals surface area contributed by atoms with E-state index in [1.165, 1.54) is 0 Å². The molecule has 108 valence electrons. The molecule has 2 N–H and O–H groups in total. The molecule has 1 aromatic rings. The van der Waals surface area contributed by atoms with E-state index in [2.05, 4.69) is 17.2 Å². The van der Waals surface area contributed by atoms with Crippen molar-refractivity contribution in [3.05, 3.63) is 35.4 Å². The molecule has 0 aromatic heterocycles. The summed E-state index contributed by atoms with van der Waals surface area (Å²) in [5.74, 6) is 5.82. The van der Waals surface area contributed by atoms with E-state index in [-0.39, 0.29) is 18.8 Å². The van der Waals surface area contributed by atoms with Crippen molar-refractivity contribution in [2.24, 2.45) is 0 Å². The number of carbonyl (C=O) groups is 1. The average Bonchev–Trinajstić information content (AvgIpc) is 2.38. The summed E-state index contributed by atoms with van der Waals surface area (Å²) in [5, 5.41) is 11.4. The Morgan fingerprint density at radius 3 is 2.50 bits per heavy atom. The lowest BCUT2D eigenvalue weighted by Crippen LogP contribution is -2.29. The molecular formula is C16H21NO3.